The van der Waals surface area contributed by atoms with Crippen LogP contribution in [0.25, 0.3) is 0 Å². The summed E-state index contributed by atoms with van der Waals surface area (Å²) in [5.74, 6) is 0.801. The maximum Gasteiger partial charge on any atom is 0.140 e. The summed E-state index contributed by atoms with van der Waals surface area (Å²) in [5, 5.41) is 4.00. The normalized spacial score (nSPS) is 12.2. The Balaban J connectivity index is 2.21. The van der Waals surface area contributed by atoms with Crippen molar-refractivity contribution < 1.29 is 0 Å². The van der Waals surface area contributed by atoms with E-state index < -0.39 is 0 Å². The number of nitrogens with zero attached hydrogens (tertiary/aromatic N) is 1. The summed E-state index contributed by atoms with van der Waals surface area (Å²) in [7, 11) is 0. The first kappa shape index (κ1) is 13.4. The lowest BCUT2D eigenvalue weighted by Crippen LogP contribution is -2.09. The molecule has 0 saturated carbocycles. The highest BCUT2D eigenvalue weighted by Gasteiger charge is 2.10. The van der Waals surface area contributed by atoms with Crippen molar-refractivity contribution in [3.63, 3.8) is 0 Å². The van der Waals surface area contributed by atoms with Crippen LogP contribution >= 0.6 is 27.5 Å². The van der Waals surface area contributed by atoms with Crippen LogP contribution in [0, 0.1) is 6.92 Å². The molecule has 1 heterocycles. The lowest BCUT2D eigenvalue weighted by molar-refractivity contribution is 0.863. The zero-order valence-corrected chi connectivity index (χ0v) is 12.6. The van der Waals surface area contributed by atoms with E-state index in [0.717, 1.165) is 10.3 Å². The Morgan fingerprint density at radius 2 is 2.06 bits per heavy atom. The van der Waals surface area contributed by atoms with Crippen LogP contribution in [0.15, 0.2) is 41.0 Å². The van der Waals surface area contributed by atoms with Crippen molar-refractivity contribution in [1.29, 1.82) is 0 Å². The molecule has 0 aliphatic rings. The van der Waals surface area contributed by atoms with E-state index in [1.165, 1.54) is 11.1 Å². The van der Waals surface area contributed by atoms with Gasteiger partial charge in [0.2, 0.25) is 0 Å². The number of aryl methyl sites for hydroxylation is 1. The monoisotopic (exact) mass is 324 g/mol. The van der Waals surface area contributed by atoms with Gasteiger partial charge in [0.05, 0.1) is 15.5 Å². The molecule has 0 fully saturated rings. The third kappa shape index (κ3) is 3.03. The molecule has 0 amide bonds. The SMILES string of the molecule is Cc1ccccc1C(C)Nc1ncc(Cl)cc1Br. The molecule has 1 aromatic heterocycles. The number of halogens is 2. The van der Waals surface area contributed by atoms with Gasteiger partial charge >= 0.3 is 0 Å². The third-order valence-corrected chi connectivity index (χ3v) is 3.63. The Morgan fingerprint density at radius 3 is 2.72 bits per heavy atom. The summed E-state index contributed by atoms with van der Waals surface area (Å²) >= 11 is 9.33. The minimum Gasteiger partial charge on any atom is -0.363 e. The zero-order chi connectivity index (χ0) is 13.1. The smallest absolute Gasteiger partial charge is 0.140 e. The largest absolute Gasteiger partial charge is 0.363 e. The lowest BCUT2D eigenvalue weighted by atomic mass is 10.0. The van der Waals surface area contributed by atoms with E-state index >= 15 is 0 Å². The number of hydrogen-bond donors (Lipinski definition) is 1. The summed E-state index contributed by atoms with van der Waals surface area (Å²) in [6.45, 7) is 4.23. The Kier molecular flexibility index (Phi) is 4.25. The van der Waals surface area contributed by atoms with Crippen molar-refractivity contribution in [2.45, 2.75) is 19.9 Å². The van der Waals surface area contributed by atoms with Gasteiger partial charge in [0, 0.05) is 6.20 Å². The van der Waals surface area contributed by atoms with Crippen molar-refractivity contribution in [3.05, 3.63) is 57.2 Å². The van der Waals surface area contributed by atoms with Gasteiger partial charge in [-0.2, -0.15) is 0 Å². The maximum absolute atomic E-state index is 5.88. The fraction of sp³-hybridized carbons (Fsp3) is 0.214. The van der Waals surface area contributed by atoms with Crippen LogP contribution in [0.5, 0.6) is 0 Å². The highest BCUT2D eigenvalue weighted by molar-refractivity contribution is 9.10. The first-order chi connectivity index (χ1) is 8.58. The van der Waals surface area contributed by atoms with Crippen LogP contribution in [-0.4, -0.2) is 4.98 Å². The predicted octanol–water partition coefficient (Wildman–Crippen LogP) is 4.98. The minimum absolute atomic E-state index is 0.191. The second kappa shape index (κ2) is 5.72. The standard InChI is InChI=1S/C14H14BrClN2/c1-9-5-3-4-6-12(9)10(2)18-14-13(15)7-11(16)8-17-14/h3-8,10H,1-2H3,(H,17,18). The zero-order valence-electron chi connectivity index (χ0n) is 10.2. The summed E-state index contributed by atoms with van der Waals surface area (Å²) in [5.41, 5.74) is 2.53. The van der Waals surface area contributed by atoms with E-state index in [4.69, 9.17) is 11.6 Å². The predicted molar refractivity (Wildman–Crippen MR) is 80.2 cm³/mol. The van der Waals surface area contributed by atoms with Gasteiger partial charge in [-0.3, -0.25) is 0 Å². The molecule has 1 unspecified atom stereocenters. The molecule has 1 aromatic carbocycles. The minimum atomic E-state index is 0.191. The van der Waals surface area contributed by atoms with Crippen LogP contribution < -0.4 is 5.32 Å². The molecule has 0 aliphatic carbocycles. The van der Waals surface area contributed by atoms with Gasteiger partial charge in [-0.05, 0) is 47.0 Å². The average Bonchev–Trinajstić information content (AvgIpc) is 2.33. The van der Waals surface area contributed by atoms with Gasteiger partial charge in [-0.1, -0.05) is 35.9 Å². The lowest BCUT2D eigenvalue weighted by Gasteiger charge is -2.18. The Bertz CT molecular complexity index is 557. The first-order valence-electron chi connectivity index (χ1n) is 5.71. The topological polar surface area (TPSA) is 24.9 Å². The average molecular weight is 326 g/mol. The van der Waals surface area contributed by atoms with Crippen LogP contribution in [0.1, 0.15) is 24.1 Å². The number of hydrogen-bond acceptors (Lipinski definition) is 2. The molecule has 0 spiro atoms. The van der Waals surface area contributed by atoms with Gasteiger partial charge in [0.1, 0.15) is 5.82 Å². The van der Waals surface area contributed by atoms with E-state index in [9.17, 15) is 0 Å². The molecular weight excluding hydrogens is 312 g/mol. The van der Waals surface area contributed by atoms with E-state index in [-0.39, 0.29) is 6.04 Å². The van der Waals surface area contributed by atoms with E-state index in [1.807, 2.05) is 18.2 Å². The van der Waals surface area contributed by atoms with Crippen LogP contribution in [0.2, 0.25) is 5.02 Å². The third-order valence-electron chi connectivity index (χ3n) is 2.82. The van der Waals surface area contributed by atoms with Gasteiger partial charge in [0.25, 0.3) is 0 Å². The number of benzene rings is 1. The Morgan fingerprint density at radius 1 is 1.33 bits per heavy atom. The van der Waals surface area contributed by atoms with E-state index in [1.54, 1.807) is 6.20 Å². The first-order valence-corrected chi connectivity index (χ1v) is 6.88. The Hall–Kier alpha value is -1.06. The van der Waals surface area contributed by atoms with Gasteiger partial charge < -0.3 is 5.32 Å². The van der Waals surface area contributed by atoms with E-state index in [0.29, 0.717) is 5.02 Å². The molecule has 0 saturated heterocycles. The maximum atomic E-state index is 5.88. The molecular formula is C14H14BrClN2. The number of aromatic nitrogens is 1. The van der Waals surface area contributed by atoms with Crippen LogP contribution in [0.4, 0.5) is 5.82 Å². The van der Waals surface area contributed by atoms with Gasteiger partial charge in [-0.15, -0.1) is 0 Å². The van der Waals surface area contributed by atoms with Crippen molar-refractivity contribution in [1.82, 2.24) is 4.98 Å². The fourth-order valence-corrected chi connectivity index (χ4v) is 2.63. The van der Waals surface area contributed by atoms with Crippen molar-refractivity contribution in [2.75, 3.05) is 5.32 Å². The highest BCUT2D eigenvalue weighted by Crippen LogP contribution is 2.27. The number of nitrogens with one attached hydrogen (secondary N) is 1. The summed E-state index contributed by atoms with van der Waals surface area (Å²) < 4.78 is 0.871. The molecule has 0 bridgehead atoms. The second-order valence-corrected chi connectivity index (χ2v) is 5.50. The quantitative estimate of drug-likeness (QED) is 0.861. The van der Waals surface area contributed by atoms with Crippen LogP contribution in [0.3, 0.4) is 0 Å². The van der Waals surface area contributed by atoms with Gasteiger partial charge in [-0.25, -0.2) is 4.98 Å². The summed E-state index contributed by atoms with van der Waals surface area (Å²) in [4.78, 5) is 4.28. The molecule has 0 aliphatic heterocycles. The summed E-state index contributed by atoms with van der Waals surface area (Å²) in [6.07, 6.45) is 1.64. The fourth-order valence-electron chi connectivity index (χ4n) is 1.88. The van der Waals surface area contributed by atoms with Crippen molar-refractivity contribution in [2.24, 2.45) is 0 Å². The number of anilines is 1. The van der Waals surface area contributed by atoms with E-state index in [2.05, 4.69) is 52.2 Å². The summed E-state index contributed by atoms with van der Waals surface area (Å²) in [6, 6.07) is 10.3. The van der Waals surface area contributed by atoms with Crippen molar-refractivity contribution in [3.8, 4) is 0 Å². The van der Waals surface area contributed by atoms with Gasteiger partial charge in [0.15, 0.2) is 0 Å². The second-order valence-electron chi connectivity index (χ2n) is 4.21. The molecule has 1 N–H and O–H groups in total. The number of rotatable bonds is 3. The highest BCUT2D eigenvalue weighted by atomic mass is 79.9. The molecule has 0 radical (unpaired) electrons. The number of pyridine rings is 1. The molecule has 2 nitrogen and oxygen atoms in total. The van der Waals surface area contributed by atoms with Crippen molar-refractivity contribution >= 4 is 33.3 Å². The Labute approximate surface area is 121 Å². The molecule has 1 atom stereocenters. The van der Waals surface area contributed by atoms with Crippen LogP contribution in [-0.2, 0) is 0 Å². The molecule has 2 aromatic rings. The molecule has 18 heavy (non-hydrogen) atoms. The molecule has 4 heteroatoms. The molecule has 94 valence electrons. The molecule has 2 rings (SSSR count).